The number of piperidine rings is 1. The Kier molecular flexibility index (Phi) is 5.86. The van der Waals surface area contributed by atoms with Crippen molar-refractivity contribution >= 4 is 17.2 Å². The van der Waals surface area contributed by atoms with Crippen LogP contribution in [0.1, 0.15) is 52.0 Å². The summed E-state index contributed by atoms with van der Waals surface area (Å²) in [6.45, 7) is 4.09. The standard InChI is InChI=1S/C21H28N4OS/c1-24-13-9-16(10-14-24)23-21(26)20-8-7-19(27-20)18-6-4-12-25(18)15-17-5-2-3-11-22-17/h2-3,5,7-8,11,16,18H,4,6,9-10,12-15H2,1H3,(H,23,26)/t18-/m0/s1. The Morgan fingerprint density at radius 1 is 1.19 bits per heavy atom. The maximum atomic E-state index is 12.7. The Labute approximate surface area is 165 Å². The third kappa shape index (κ3) is 4.57. The quantitative estimate of drug-likeness (QED) is 0.859. The molecule has 2 aromatic rings. The van der Waals surface area contributed by atoms with Gasteiger partial charge in [-0.1, -0.05) is 6.07 Å². The summed E-state index contributed by atoms with van der Waals surface area (Å²) >= 11 is 1.66. The molecule has 2 aromatic heterocycles. The van der Waals surface area contributed by atoms with Crippen molar-refractivity contribution < 1.29 is 4.79 Å². The van der Waals surface area contributed by atoms with Crippen LogP contribution in [-0.4, -0.2) is 53.4 Å². The second-order valence-corrected chi connectivity index (χ2v) is 8.82. The second-order valence-electron chi connectivity index (χ2n) is 7.70. The van der Waals surface area contributed by atoms with Crippen molar-refractivity contribution in [2.24, 2.45) is 0 Å². The fourth-order valence-corrected chi connectivity index (χ4v) is 5.18. The molecule has 6 heteroatoms. The number of likely N-dealkylation sites (tertiary alicyclic amines) is 2. The maximum Gasteiger partial charge on any atom is 0.261 e. The molecule has 5 nitrogen and oxygen atoms in total. The molecule has 0 unspecified atom stereocenters. The van der Waals surface area contributed by atoms with Crippen LogP contribution in [-0.2, 0) is 6.54 Å². The van der Waals surface area contributed by atoms with Crippen LogP contribution in [0.2, 0.25) is 0 Å². The summed E-state index contributed by atoms with van der Waals surface area (Å²) in [5.74, 6) is 0.0927. The van der Waals surface area contributed by atoms with E-state index >= 15 is 0 Å². The predicted molar refractivity (Wildman–Crippen MR) is 109 cm³/mol. The van der Waals surface area contributed by atoms with E-state index in [2.05, 4.69) is 39.3 Å². The highest BCUT2D eigenvalue weighted by Gasteiger charge is 2.28. The normalized spacial score (nSPS) is 22.2. The van der Waals surface area contributed by atoms with Gasteiger partial charge in [-0.25, -0.2) is 0 Å². The highest BCUT2D eigenvalue weighted by Crippen LogP contribution is 2.36. The van der Waals surface area contributed by atoms with Gasteiger partial charge in [0.15, 0.2) is 0 Å². The van der Waals surface area contributed by atoms with Crippen LogP contribution in [0.5, 0.6) is 0 Å². The molecule has 0 bridgehead atoms. The molecule has 1 N–H and O–H groups in total. The zero-order valence-electron chi connectivity index (χ0n) is 15.9. The summed E-state index contributed by atoms with van der Waals surface area (Å²) in [5.41, 5.74) is 1.11. The summed E-state index contributed by atoms with van der Waals surface area (Å²) in [4.78, 5) is 24.1. The largest absolute Gasteiger partial charge is 0.349 e. The summed E-state index contributed by atoms with van der Waals surface area (Å²) in [6, 6.07) is 11.0. The van der Waals surface area contributed by atoms with Gasteiger partial charge in [0.05, 0.1) is 10.6 Å². The van der Waals surface area contributed by atoms with Gasteiger partial charge in [0.2, 0.25) is 0 Å². The molecule has 4 heterocycles. The fraction of sp³-hybridized carbons (Fsp3) is 0.524. The maximum absolute atomic E-state index is 12.7. The van der Waals surface area contributed by atoms with E-state index < -0.39 is 0 Å². The molecule has 0 spiro atoms. The van der Waals surface area contributed by atoms with E-state index in [1.54, 1.807) is 11.3 Å². The average molecular weight is 385 g/mol. The average Bonchev–Trinajstić information content (AvgIpc) is 3.34. The van der Waals surface area contributed by atoms with Crippen LogP contribution in [0.25, 0.3) is 0 Å². The van der Waals surface area contributed by atoms with Crippen molar-refractivity contribution in [3.05, 3.63) is 52.0 Å². The number of hydrogen-bond acceptors (Lipinski definition) is 5. The summed E-state index contributed by atoms with van der Waals surface area (Å²) in [6.07, 6.45) is 6.30. The van der Waals surface area contributed by atoms with Gasteiger partial charge in [-0.15, -0.1) is 11.3 Å². The number of aromatic nitrogens is 1. The van der Waals surface area contributed by atoms with Crippen LogP contribution in [0, 0.1) is 0 Å². The topological polar surface area (TPSA) is 48.5 Å². The molecule has 0 saturated carbocycles. The minimum atomic E-state index is 0.0927. The van der Waals surface area contributed by atoms with E-state index in [0.717, 1.165) is 56.0 Å². The Morgan fingerprint density at radius 3 is 2.81 bits per heavy atom. The van der Waals surface area contributed by atoms with Gasteiger partial charge in [-0.2, -0.15) is 0 Å². The number of carbonyl (C=O) groups excluding carboxylic acids is 1. The smallest absolute Gasteiger partial charge is 0.261 e. The number of thiophene rings is 1. The van der Waals surface area contributed by atoms with Crippen LogP contribution >= 0.6 is 11.3 Å². The Bertz CT molecular complexity index is 755. The second kappa shape index (κ2) is 8.50. The number of nitrogens with zero attached hydrogens (tertiary/aromatic N) is 3. The predicted octanol–water partition coefficient (Wildman–Crippen LogP) is 3.30. The highest BCUT2D eigenvalue weighted by atomic mass is 32.1. The van der Waals surface area contributed by atoms with E-state index in [4.69, 9.17) is 0 Å². The Balaban J connectivity index is 1.38. The molecule has 1 amide bonds. The molecule has 2 fully saturated rings. The number of hydrogen-bond donors (Lipinski definition) is 1. The van der Waals surface area contributed by atoms with Crippen molar-refractivity contribution in [2.75, 3.05) is 26.7 Å². The SMILES string of the molecule is CN1CCC(NC(=O)c2ccc([C@@H]3CCCN3Cc3ccccn3)s2)CC1. The summed E-state index contributed by atoms with van der Waals surface area (Å²) < 4.78 is 0. The molecule has 1 atom stereocenters. The van der Waals surface area contributed by atoms with E-state index in [1.165, 1.54) is 11.3 Å². The molecule has 144 valence electrons. The van der Waals surface area contributed by atoms with Crippen LogP contribution in [0.3, 0.4) is 0 Å². The van der Waals surface area contributed by atoms with Crippen LogP contribution in [0.4, 0.5) is 0 Å². The minimum absolute atomic E-state index is 0.0927. The third-order valence-corrected chi connectivity index (χ3v) is 6.87. The van der Waals surface area contributed by atoms with Gasteiger partial charge >= 0.3 is 0 Å². The lowest BCUT2D eigenvalue weighted by Crippen LogP contribution is -2.43. The molecule has 4 rings (SSSR count). The number of rotatable bonds is 5. The van der Waals surface area contributed by atoms with E-state index in [-0.39, 0.29) is 5.91 Å². The minimum Gasteiger partial charge on any atom is -0.349 e. The third-order valence-electron chi connectivity index (χ3n) is 5.69. The van der Waals surface area contributed by atoms with Crippen molar-refractivity contribution in [3.8, 4) is 0 Å². The van der Waals surface area contributed by atoms with Crippen LogP contribution < -0.4 is 5.32 Å². The zero-order valence-corrected chi connectivity index (χ0v) is 16.8. The lowest BCUT2D eigenvalue weighted by atomic mass is 10.1. The first-order valence-corrected chi connectivity index (χ1v) is 10.7. The summed E-state index contributed by atoms with van der Waals surface area (Å²) in [7, 11) is 2.14. The highest BCUT2D eigenvalue weighted by molar-refractivity contribution is 7.14. The number of nitrogens with one attached hydrogen (secondary N) is 1. The van der Waals surface area contributed by atoms with Crippen molar-refractivity contribution in [1.82, 2.24) is 20.1 Å². The number of pyridine rings is 1. The van der Waals surface area contributed by atoms with Gasteiger partial charge < -0.3 is 10.2 Å². The zero-order chi connectivity index (χ0) is 18.6. The fourth-order valence-electron chi connectivity index (χ4n) is 4.10. The molecular weight excluding hydrogens is 356 g/mol. The first-order chi connectivity index (χ1) is 13.2. The van der Waals surface area contributed by atoms with Gasteiger partial charge in [-0.05, 0) is 76.6 Å². The van der Waals surface area contributed by atoms with Crippen LogP contribution in [0.15, 0.2) is 36.5 Å². The molecule has 0 aromatic carbocycles. The molecular formula is C21H28N4OS. The Hall–Kier alpha value is -1.76. The Morgan fingerprint density at radius 2 is 2.04 bits per heavy atom. The van der Waals surface area contributed by atoms with E-state index in [0.29, 0.717) is 12.1 Å². The van der Waals surface area contributed by atoms with Gasteiger partial charge in [-0.3, -0.25) is 14.7 Å². The monoisotopic (exact) mass is 384 g/mol. The first-order valence-electron chi connectivity index (χ1n) is 9.92. The molecule has 0 radical (unpaired) electrons. The van der Waals surface area contributed by atoms with Gasteiger partial charge in [0, 0.05) is 29.7 Å². The lowest BCUT2D eigenvalue weighted by Gasteiger charge is -2.29. The van der Waals surface area contributed by atoms with Crippen molar-refractivity contribution in [3.63, 3.8) is 0 Å². The molecule has 2 saturated heterocycles. The van der Waals surface area contributed by atoms with E-state index in [1.807, 2.05) is 24.4 Å². The molecule has 27 heavy (non-hydrogen) atoms. The molecule has 2 aliphatic heterocycles. The van der Waals surface area contributed by atoms with Gasteiger partial charge in [0.25, 0.3) is 5.91 Å². The number of amides is 1. The molecule has 2 aliphatic rings. The van der Waals surface area contributed by atoms with Gasteiger partial charge in [0.1, 0.15) is 0 Å². The van der Waals surface area contributed by atoms with Crippen molar-refractivity contribution in [1.29, 1.82) is 0 Å². The van der Waals surface area contributed by atoms with E-state index in [9.17, 15) is 4.79 Å². The first kappa shape index (κ1) is 18.6. The van der Waals surface area contributed by atoms with Crippen molar-refractivity contribution in [2.45, 2.75) is 44.3 Å². The number of carbonyl (C=O) groups is 1. The summed E-state index contributed by atoms with van der Waals surface area (Å²) in [5, 5.41) is 3.23. The molecule has 0 aliphatic carbocycles. The lowest BCUT2D eigenvalue weighted by molar-refractivity contribution is 0.0921.